The lowest BCUT2D eigenvalue weighted by Crippen LogP contribution is -2.00. The third-order valence-corrected chi connectivity index (χ3v) is 24.1. The van der Waals surface area contributed by atoms with Crippen molar-refractivity contribution in [1.82, 2.24) is 53.5 Å². The minimum atomic E-state index is 0.610. The molecule has 0 N–H and O–H groups in total. The molecule has 17 aromatic carbocycles. The van der Waals surface area contributed by atoms with E-state index in [0.29, 0.717) is 34.9 Å². The molecular formula is C112H69N11. The first-order valence-electron chi connectivity index (χ1n) is 41.5. The van der Waals surface area contributed by atoms with Gasteiger partial charge in [-0.2, -0.15) is 10.2 Å². The number of para-hydroxylation sites is 2. The molecule has 0 unspecified atom stereocenters. The fourth-order valence-electron chi connectivity index (χ4n) is 18.4. The van der Waals surface area contributed by atoms with Gasteiger partial charge in [0.25, 0.3) is 0 Å². The van der Waals surface area contributed by atoms with Gasteiger partial charge < -0.3 is 4.40 Å². The lowest BCUT2D eigenvalue weighted by Gasteiger charge is -2.13. The van der Waals surface area contributed by atoms with Gasteiger partial charge in [0.1, 0.15) is 11.4 Å². The van der Waals surface area contributed by atoms with Gasteiger partial charge in [-0.05, 0) is 96.7 Å². The third kappa shape index (κ3) is 12.0. The zero-order chi connectivity index (χ0) is 81.0. The van der Waals surface area contributed by atoms with Crippen LogP contribution in [0.1, 0.15) is 0 Å². The van der Waals surface area contributed by atoms with E-state index in [-0.39, 0.29) is 0 Å². The van der Waals surface area contributed by atoms with Gasteiger partial charge in [-0.15, -0.1) is 0 Å². The van der Waals surface area contributed by atoms with E-state index in [1.165, 1.54) is 70.4 Å². The quantitative estimate of drug-likeness (QED) is 0.111. The van der Waals surface area contributed by atoms with Crippen LogP contribution in [-0.4, -0.2) is 53.5 Å². The first kappa shape index (κ1) is 70.4. The first-order chi connectivity index (χ1) is 61.0. The molecular weight excluding hydrogens is 1500 g/mol. The van der Waals surface area contributed by atoms with Crippen LogP contribution in [0.5, 0.6) is 0 Å². The molecule has 123 heavy (non-hydrogen) atoms. The van der Waals surface area contributed by atoms with Crippen molar-refractivity contribution in [2.45, 2.75) is 0 Å². The van der Waals surface area contributed by atoms with E-state index in [1.54, 1.807) is 0 Å². The maximum absolute atomic E-state index is 5.41. The molecule has 0 aliphatic carbocycles. The van der Waals surface area contributed by atoms with Gasteiger partial charge >= 0.3 is 0 Å². The molecule has 0 fully saturated rings. The molecule has 25 rings (SSSR count). The summed E-state index contributed by atoms with van der Waals surface area (Å²) in [6.07, 6.45) is 0. The van der Waals surface area contributed by atoms with Crippen molar-refractivity contribution in [2.24, 2.45) is 0 Å². The van der Waals surface area contributed by atoms with E-state index in [2.05, 4.69) is 390 Å². The van der Waals surface area contributed by atoms with Crippen LogP contribution in [0, 0.1) is 0 Å². The van der Waals surface area contributed by atoms with Crippen LogP contribution >= 0.6 is 0 Å². The van der Waals surface area contributed by atoms with Crippen molar-refractivity contribution < 1.29 is 0 Å². The van der Waals surface area contributed by atoms with Gasteiger partial charge in [-0.1, -0.05) is 376 Å². The van der Waals surface area contributed by atoms with Crippen LogP contribution in [0.3, 0.4) is 0 Å². The largest absolute Gasteiger partial charge is 0.308 e. The smallest absolute Gasteiger partial charge is 0.164 e. The number of pyridine rings is 2. The van der Waals surface area contributed by atoms with E-state index >= 15 is 0 Å². The second kappa shape index (κ2) is 29.1. The highest BCUT2D eigenvalue weighted by Gasteiger charge is 2.27. The average molecular weight is 1570 g/mol. The van der Waals surface area contributed by atoms with Crippen molar-refractivity contribution in [3.05, 3.63) is 419 Å². The molecule has 25 aromatic rings. The van der Waals surface area contributed by atoms with E-state index in [9.17, 15) is 0 Å². The van der Waals surface area contributed by atoms with Gasteiger partial charge in [0.2, 0.25) is 0 Å². The Kier molecular flexibility index (Phi) is 16.7. The maximum Gasteiger partial charge on any atom is 0.164 e. The predicted octanol–water partition coefficient (Wildman–Crippen LogP) is 28.0. The number of benzene rings is 17. The van der Waals surface area contributed by atoms with Crippen LogP contribution in [0.2, 0.25) is 0 Å². The number of aromatic nitrogens is 11. The molecule has 0 bridgehead atoms. The number of rotatable bonds is 12. The van der Waals surface area contributed by atoms with Gasteiger partial charge in [0.15, 0.2) is 34.9 Å². The molecule has 0 amide bonds. The molecule has 8 aromatic heterocycles. The molecule has 0 radical (unpaired) electrons. The van der Waals surface area contributed by atoms with Crippen molar-refractivity contribution in [3.63, 3.8) is 0 Å². The summed E-state index contributed by atoms with van der Waals surface area (Å²) in [4.78, 5) is 31.0. The monoisotopic (exact) mass is 1570 g/mol. The highest BCUT2D eigenvalue weighted by Crippen LogP contribution is 2.47. The molecule has 0 spiro atoms. The van der Waals surface area contributed by atoms with E-state index in [4.69, 9.17) is 40.1 Å². The summed E-state index contributed by atoms with van der Waals surface area (Å²) in [6, 6.07) is 147. The summed E-state index contributed by atoms with van der Waals surface area (Å²) in [5, 5.41) is 27.5. The van der Waals surface area contributed by atoms with Gasteiger partial charge in [0.05, 0.1) is 39.0 Å². The number of nitrogens with zero attached hydrogens (tertiary/aromatic N) is 11. The Bertz CT molecular complexity index is 8330. The number of hydrogen-bond donors (Lipinski definition) is 0. The number of fused-ring (bicyclic) bond motifs is 18. The summed E-state index contributed by atoms with van der Waals surface area (Å²) in [6.45, 7) is 0. The van der Waals surface area contributed by atoms with Crippen molar-refractivity contribution in [3.8, 4) is 136 Å². The first-order valence-corrected chi connectivity index (χ1v) is 41.5. The molecule has 11 heteroatoms. The highest BCUT2D eigenvalue weighted by atomic mass is 15.2. The number of hydrogen-bond acceptors (Lipinski definition) is 8. The molecule has 8 heterocycles. The maximum atomic E-state index is 5.41. The SMILES string of the molecule is c1ccc(-c2nc(-c3ccc(-c4c(-c5ccccc5)nn5c(-c6ccccc6)cc6ccccc6c45)cc3)nc(-c3cc4c5ccccc5n5c6ccccc6c(c3)c45)n2)cc1.c1ccc(-c2nc(-c3ccc(-c4c(-c5ccccc5)nn5c(-c6ccccc6)cc6ccccc6c45)cc3)nc(-c3ccc4c5ccccc5c5ccccc5c4c3)n2)cc1. The Labute approximate surface area is 706 Å². The van der Waals surface area contributed by atoms with Gasteiger partial charge in [0, 0.05) is 99.1 Å². The standard InChI is InChI=1S/C56H34N6.C56H35N5/c1-4-16-35(17-5-1)49-34-40-22-10-11-23-42(40)53-50(51(60-62(49)53)37-18-6-2-7-19-37)36-28-30-39(31-29-36)55-57-54(38-20-8-3-9-21-38)58-56(59-55)41-32-45-43-24-12-14-26-47(43)61-48-27-15-13-25-44(48)46(33-41)52(45)61;1-4-16-36(17-5-1)50-35-41-22-10-11-23-43(41)53-51(52(60-61(50)53)38-18-6-2-7-19-38)37-28-30-40(31-29-37)55-57-54(39-20-8-3-9-21-39)58-56(59-55)42-32-33-48-46-26-13-12-24-44(46)45-25-14-15-27-47(45)49(48)34-42/h1-34H;1-35H. The lowest BCUT2D eigenvalue weighted by molar-refractivity contribution is 0.979. The van der Waals surface area contributed by atoms with E-state index < -0.39 is 0 Å². The van der Waals surface area contributed by atoms with Crippen molar-refractivity contribution in [1.29, 1.82) is 0 Å². The minimum Gasteiger partial charge on any atom is -0.308 e. The Balaban J connectivity index is 0.000000139. The summed E-state index contributed by atoms with van der Waals surface area (Å²) < 4.78 is 6.65. The average Bonchev–Trinajstić information content (AvgIpc) is 1.54. The van der Waals surface area contributed by atoms with E-state index in [0.717, 1.165) is 133 Å². The van der Waals surface area contributed by atoms with Gasteiger partial charge in [-0.3, -0.25) is 0 Å². The Hall–Kier alpha value is -16.8. The Morgan fingerprint density at radius 1 is 0.163 bits per heavy atom. The van der Waals surface area contributed by atoms with Crippen molar-refractivity contribution >= 4 is 103 Å². The molecule has 11 nitrogen and oxygen atoms in total. The lowest BCUT2D eigenvalue weighted by atomic mass is 9.93. The zero-order valence-electron chi connectivity index (χ0n) is 66.3. The third-order valence-electron chi connectivity index (χ3n) is 24.1. The second-order valence-corrected chi connectivity index (χ2v) is 31.3. The van der Waals surface area contributed by atoms with Crippen molar-refractivity contribution in [2.75, 3.05) is 0 Å². The van der Waals surface area contributed by atoms with Gasteiger partial charge in [-0.25, -0.2) is 38.9 Å². The fraction of sp³-hybridized carbons (Fsp3) is 0. The van der Waals surface area contributed by atoms with Crippen LogP contribution in [-0.2, 0) is 0 Å². The molecule has 0 aliphatic heterocycles. The minimum absolute atomic E-state index is 0.610. The second-order valence-electron chi connectivity index (χ2n) is 31.3. The molecule has 0 saturated heterocycles. The summed E-state index contributed by atoms with van der Waals surface area (Å²) in [5.74, 6) is 3.73. The molecule has 0 aliphatic rings. The fourth-order valence-corrected chi connectivity index (χ4v) is 18.4. The molecule has 0 saturated carbocycles. The van der Waals surface area contributed by atoms with Crippen LogP contribution in [0.15, 0.2) is 419 Å². The Morgan fingerprint density at radius 2 is 0.431 bits per heavy atom. The summed E-state index contributed by atoms with van der Waals surface area (Å²) in [5.41, 5.74) is 23.8. The molecule has 572 valence electrons. The Morgan fingerprint density at radius 3 is 0.821 bits per heavy atom. The van der Waals surface area contributed by atoms with Crippen LogP contribution in [0.25, 0.3) is 239 Å². The highest BCUT2D eigenvalue weighted by molar-refractivity contribution is 6.27. The summed E-state index contributed by atoms with van der Waals surface area (Å²) in [7, 11) is 0. The summed E-state index contributed by atoms with van der Waals surface area (Å²) >= 11 is 0. The predicted molar refractivity (Wildman–Crippen MR) is 505 cm³/mol. The van der Waals surface area contributed by atoms with Crippen LogP contribution < -0.4 is 0 Å². The normalized spacial score (nSPS) is 11.7. The topological polar surface area (TPSA) is 116 Å². The van der Waals surface area contributed by atoms with E-state index in [1.807, 2.05) is 42.5 Å². The van der Waals surface area contributed by atoms with Crippen LogP contribution in [0.4, 0.5) is 0 Å². The molecule has 0 atom stereocenters. The zero-order valence-corrected chi connectivity index (χ0v) is 66.3.